The van der Waals surface area contributed by atoms with E-state index >= 15 is 0 Å². The quantitative estimate of drug-likeness (QED) is 0.477. The highest BCUT2D eigenvalue weighted by Gasteiger charge is 2.18. The summed E-state index contributed by atoms with van der Waals surface area (Å²) < 4.78 is 1.80. The van der Waals surface area contributed by atoms with E-state index in [9.17, 15) is 4.79 Å². The minimum atomic E-state index is -0.220. The van der Waals surface area contributed by atoms with Crippen molar-refractivity contribution in [3.8, 4) is 17.3 Å². The number of amides is 1. The third-order valence-corrected chi connectivity index (χ3v) is 5.01. The molecule has 0 atom stereocenters. The first kappa shape index (κ1) is 20.1. The van der Waals surface area contributed by atoms with E-state index in [1.165, 1.54) is 0 Å². The van der Waals surface area contributed by atoms with E-state index in [4.69, 9.17) is 10.4 Å². The molecule has 1 N–H and O–H groups in total. The van der Waals surface area contributed by atoms with E-state index in [1.54, 1.807) is 10.9 Å². The lowest BCUT2D eigenvalue weighted by Crippen LogP contribution is -2.12. The minimum absolute atomic E-state index is 0.220. The van der Waals surface area contributed by atoms with Crippen LogP contribution in [0.25, 0.3) is 11.3 Å². The Balaban J connectivity index is 1.64. The highest BCUT2D eigenvalue weighted by molar-refractivity contribution is 6.08. The summed E-state index contributed by atoms with van der Waals surface area (Å²) in [5, 5.41) is 16.5. The molecule has 0 aliphatic rings. The molecule has 0 radical (unpaired) electrons. The monoisotopic (exact) mass is 406 g/mol. The number of carbonyl (C=O) groups is 1. The van der Waals surface area contributed by atoms with Crippen LogP contribution in [0.15, 0.2) is 85.1 Å². The number of hydrogen-bond donors (Lipinski definition) is 1. The predicted molar refractivity (Wildman–Crippen MR) is 122 cm³/mol. The van der Waals surface area contributed by atoms with Crippen molar-refractivity contribution in [2.75, 3.05) is 5.32 Å². The smallest absolute Gasteiger partial charge is 0.259 e. The third-order valence-electron chi connectivity index (χ3n) is 5.01. The normalized spacial score (nSPS) is 10.5. The molecule has 0 aliphatic heterocycles. The average molecular weight is 406 g/mol. The maximum Gasteiger partial charge on any atom is 0.259 e. The highest BCUT2D eigenvalue weighted by atomic mass is 16.1. The number of carbonyl (C=O) groups excluding carboxylic acids is 1. The number of anilines is 1. The molecule has 0 aliphatic carbocycles. The fourth-order valence-electron chi connectivity index (χ4n) is 3.36. The standard InChI is InChI=1S/C26H22N4O/c1-19-7-11-22(12-8-19)25-24(18-30(29-25)17-21-5-3-2-4-6-21)26(31)28-23-13-9-20(10-14-23)15-16-27/h2-14,18H,15,17H2,1H3,(H,28,31). The molecule has 0 spiro atoms. The van der Waals surface area contributed by atoms with Crippen molar-refractivity contribution < 1.29 is 4.79 Å². The van der Waals surface area contributed by atoms with Crippen molar-refractivity contribution in [2.24, 2.45) is 0 Å². The van der Waals surface area contributed by atoms with E-state index in [2.05, 4.69) is 11.4 Å². The van der Waals surface area contributed by atoms with Crippen LogP contribution in [-0.4, -0.2) is 15.7 Å². The van der Waals surface area contributed by atoms with Crippen molar-refractivity contribution >= 4 is 11.6 Å². The molecule has 1 amide bonds. The number of nitrogens with zero attached hydrogens (tertiary/aromatic N) is 3. The van der Waals surface area contributed by atoms with E-state index in [1.807, 2.05) is 85.8 Å². The number of aryl methyl sites for hydroxylation is 1. The molecule has 5 nitrogen and oxygen atoms in total. The average Bonchev–Trinajstić information content (AvgIpc) is 3.20. The maximum atomic E-state index is 13.1. The number of aromatic nitrogens is 2. The fraction of sp³-hybridized carbons (Fsp3) is 0.115. The van der Waals surface area contributed by atoms with Crippen LogP contribution in [0.5, 0.6) is 0 Å². The Morgan fingerprint density at radius 3 is 2.35 bits per heavy atom. The van der Waals surface area contributed by atoms with Crippen LogP contribution in [0, 0.1) is 18.3 Å². The van der Waals surface area contributed by atoms with Crippen molar-refractivity contribution in [1.82, 2.24) is 9.78 Å². The van der Waals surface area contributed by atoms with Crippen LogP contribution in [-0.2, 0) is 13.0 Å². The molecule has 0 fully saturated rings. The van der Waals surface area contributed by atoms with Gasteiger partial charge < -0.3 is 5.32 Å². The van der Waals surface area contributed by atoms with Gasteiger partial charge in [-0.2, -0.15) is 10.4 Å². The zero-order valence-electron chi connectivity index (χ0n) is 17.2. The zero-order valence-corrected chi connectivity index (χ0v) is 17.2. The maximum absolute atomic E-state index is 13.1. The van der Waals surface area contributed by atoms with Gasteiger partial charge in [-0.25, -0.2) is 0 Å². The first-order valence-electron chi connectivity index (χ1n) is 10.1. The summed E-state index contributed by atoms with van der Waals surface area (Å²) in [4.78, 5) is 13.1. The van der Waals surface area contributed by atoms with Gasteiger partial charge in [-0.1, -0.05) is 72.3 Å². The van der Waals surface area contributed by atoms with Crippen LogP contribution in [0.4, 0.5) is 5.69 Å². The van der Waals surface area contributed by atoms with Crippen molar-refractivity contribution in [3.05, 3.63) is 107 Å². The minimum Gasteiger partial charge on any atom is -0.322 e. The Morgan fingerprint density at radius 1 is 0.968 bits per heavy atom. The molecule has 3 aromatic carbocycles. The molecular formula is C26H22N4O. The number of hydrogen-bond acceptors (Lipinski definition) is 3. The van der Waals surface area contributed by atoms with Crippen LogP contribution < -0.4 is 5.32 Å². The lowest BCUT2D eigenvalue weighted by atomic mass is 10.1. The first-order chi connectivity index (χ1) is 15.1. The number of nitrogens with one attached hydrogen (secondary N) is 1. The Labute approximate surface area is 181 Å². The molecular weight excluding hydrogens is 384 g/mol. The van der Waals surface area contributed by atoms with Crippen molar-refractivity contribution in [1.29, 1.82) is 5.26 Å². The van der Waals surface area contributed by atoms with Gasteiger partial charge in [-0.3, -0.25) is 9.48 Å². The zero-order chi connectivity index (χ0) is 21.6. The molecule has 152 valence electrons. The summed E-state index contributed by atoms with van der Waals surface area (Å²) in [6.07, 6.45) is 2.14. The molecule has 1 heterocycles. The SMILES string of the molecule is Cc1ccc(-c2nn(Cc3ccccc3)cc2C(=O)Nc2ccc(CC#N)cc2)cc1. The predicted octanol–water partition coefficient (Wildman–Crippen LogP) is 5.23. The molecule has 4 aromatic rings. The third kappa shape index (κ3) is 4.88. The van der Waals surface area contributed by atoms with Gasteiger partial charge in [0.2, 0.25) is 0 Å². The molecule has 1 aromatic heterocycles. The second-order valence-corrected chi connectivity index (χ2v) is 7.43. The molecule has 0 bridgehead atoms. The Hall–Kier alpha value is -4.17. The summed E-state index contributed by atoms with van der Waals surface area (Å²) in [7, 11) is 0. The van der Waals surface area contributed by atoms with Gasteiger partial charge in [0.25, 0.3) is 5.91 Å². The Kier molecular flexibility index (Phi) is 5.91. The number of rotatable bonds is 6. The van der Waals surface area contributed by atoms with Crippen LogP contribution in [0.2, 0.25) is 0 Å². The number of nitriles is 1. The summed E-state index contributed by atoms with van der Waals surface area (Å²) in [6, 6.07) is 27.5. The van der Waals surface area contributed by atoms with Gasteiger partial charge in [-0.15, -0.1) is 0 Å². The van der Waals surface area contributed by atoms with E-state index in [0.29, 0.717) is 29.9 Å². The molecule has 5 heteroatoms. The summed E-state index contributed by atoms with van der Waals surface area (Å²) in [5.74, 6) is -0.220. The largest absolute Gasteiger partial charge is 0.322 e. The molecule has 0 unspecified atom stereocenters. The van der Waals surface area contributed by atoms with Gasteiger partial charge in [0.15, 0.2) is 0 Å². The summed E-state index contributed by atoms with van der Waals surface area (Å²) in [5.41, 5.74) is 5.91. The van der Waals surface area contributed by atoms with Gasteiger partial charge >= 0.3 is 0 Å². The second kappa shape index (κ2) is 9.10. The van der Waals surface area contributed by atoms with Gasteiger partial charge in [0.1, 0.15) is 5.69 Å². The molecule has 4 rings (SSSR count). The van der Waals surface area contributed by atoms with Crippen LogP contribution in [0.1, 0.15) is 27.0 Å². The van der Waals surface area contributed by atoms with Crippen molar-refractivity contribution in [2.45, 2.75) is 19.9 Å². The van der Waals surface area contributed by atoms with Crippen molar-refractivity contribution in [3.63, 3.8) is 0 Å². The lowest BCUT2D eigenvalue weighted by Gasteiger charge is -2.06. The van der Waals surface area contributed by atoms with E-state index < -0.39 is 0 Å². The van der Waals surface area contributed by atoms with Crippen LogP contribution >= 0.6 is 0 Å². The summed E-state index contributed by atoms with van der Waals surface area (Å²) in [6.45, 7) is 2.61. The highest BCUT2D eigenvalue weighted by Crippen LogP contribution is 2.24. The molecule has 0 saturated heterocycles. The van der Waals surface area contributed by atoms with Gasteiger partial charge in [0, 0.05) is 17.4 Å². The summed E-state index contributed by atoms with van der Waals surface area (Å²) >= 11 is 0. The molecule has 0 saturated carbocycles. The molecule has 31 heavy (non-hydrogen) atoms. The van der Waals surface area contributed by atoms with Gasteiger partial charge in [0.05, 0.1) is 24.6 Å². The topological polar surface area (TPSA) is 70.7 Å². The Morgan fingerprint density at radius 2 is 1.68 bits per heavy atom. The second-order valence-electron chi connectivity index (χ2n) is 7.43. The lowest BCUT2D eigenvalue weighted by molar-refractivity contribution is 0.102. The first-order valence-corrected chi connectivity index (χ1v) is 10.1. The van der Waals surface area contributed by atoms with Crippen LogP contribution in [0.3, 0.4) is 0 Å². The fourth-order valence-corrected chi connectivity index (χ4v) is 3.36. The Bertz CT molecular complexity index is 1220. The van der Waals surface area contributed by atoms with E-state index in [0.717, 1.165) is 22.3 Å². The van der Waals surface area contributed by atoms with Gasteiger partial charge in [-0.05, 0) is 30.2 Å². The van der Waals surface area contributed by atoms with E-state index in [-0.39, 0.29) is 5.91 Å². The number of benzene rings is 3.